The van der Waals surface area contributed by atoms with Crippen molar-refractivity contribution in [2.45, 2.75) is 30.8 Å². The largest absolute Gasteiger partial charge is 0.398 e. The Balaban J connectivity index is 2.17. The van der Waals surface area contributed by atoms with Crippen LogP contribution in [0, 0.1) is 0 Å². The molecule has 0 spiro atoms. The minimum atomic E-state index is -0.163. The number of nitrogens with zero attached hydrogens (tertiary/aromatic N) is 2. The van der Waals surface area contributed by atoms with Gasteiger partial charge in [0.25, 0.3) is 0 Å². The van der Waals surface area contributed by atoms with Gasteiger partial charge in [-0.2, -0.15) is 0 Å². The van der Waals surface area contributed by atoms with Gasteiger partial charge in [-0.25, -0.2) is 9.89 Å². The van der Waals surface area contributed by atoms with Gasteiger partial charge in [-0.3, -0.25) is 4.57 Å². The molecule has 0 amide bonds. The SMILES string of the molecule is CCCn1c(SCc2c(N)cccc2Br)n[nH]c1=O. The molecule has 0 atom stereocenters. The molecule has 1 aromatic heterocycles. The molecule has 0 bridgehead atoms. The zero-order valence-electron chi connectivity index (χ0n) is 10.5. The highest BCUT2D eigenvalue weighted by molar-refractivity contribution is 9.10. The Morgan fingerprint density at radius 1 is 1.53 bits per heavy atom. The first-order chi connectivity index (χ1) is 9.13. The number of rotatable bonds is 5. The molecule has 0 saturated heterocycles. The monoisotopic (exact) mass is 342 g/mol. The number of aromatic nitrogens is 3. The fourth-order valence-electron chi connectivity index (χ4n) is 1.70. The van der Waals surface area contributed by atoms with Crippen molar-refractivity contribution in [1.29, 1.82) is 0 Å². The van der Waals surface area contributed by atoms with Crippen molar-refractivity contribution in [1.82, 2.24) is 14.8 Å². The summed E-state index contributed by atoms with van der Waals surface area (Å²) in [6.45, 7) is 2.70. The van der Waals surface area contributed by atoms with Crippen LogP contribution in [0.25, 0.3) is 0 Å². The highest BCUT2D eigenvalue weighted by Gasteiger charge is 2.10. The number of halogens is 1. The van der Waals surface area contributed by atoms with Crippen molar-refractivity contribution in [3.05, 3.63) is 38.7 Å². The molecule has 1 aromatic carbocycles. The van der Waals surface area contributed by atoms with E-state index in [0.29, 0.717) is 17.5 Å². The quantitative estimate of drug-likeness (QED) is 0.646. The van der Waals surface area contributed by atoms with E-state index < -0.39 is 0 Å². The van der Waals surface area contributed by atoms with E-state index in [1.807, 2.05) is 25.1 Å². The third-order valence-corrected chi connectivity index (χ3v) is 4.42. The zero-order valence-corrected chi connectivity index (χ0v) is 12.9. The van der Waals surface area contributed by atoms with Gasteiger partial charge in [0.1, 0.15) is 0 Å². The summed E-state index contributed by atoms with van der Waals surface area (Å²) >= 11 is 4.98. The summed E-state index contributed by atoms with van der Waals surface area (Å²) in [4.78, 5) is 11.6. The van der Waals surface area contributed by atoms with Gasteiger partial charge in [-0.15, -0.1) is 5.10 Å². The zero-order chi connectivity index (χ0) is 13.8. The Hall–Kier alpha value is -1.21. The number of H-pyrrole nitrogens is 1. The van der Waals surface area contributed by atoms with E-state index in [-0.39, 0.29) is 5.69 Å². The van der Waals surface area contributed by atoms with Gasteiger partial charge in [-0.1, -0.05) is 40.7 Å². The average Bonchev–Trinajstić information content (AvgIpc) is 2.71. The Bertz CT molecular complexity index is 602. The lowest BCUT2D eigenvalue weighted by Crippen LogP contribution is -2.17. The minimum absolute atomic E-state index is 0.163. The van der Waals surface area contributed by atoms with Crippen molar-refractivity contribution in [2.24, 2.45) is 0 Å². The van der Waals surface area contributed by atoms with Crippen LogP contribution >= 0.6 is 27.7 Å². The first-order valence-corrected chi connectivity index (χ1v) is 7.72. The van der Waals surface area contributed by atoms with Crippen molar-refractivity contribution >= 4 is 33.4 Å². The topological polar surface area (TPSA) is 76.7 Å². The van der Waals surface area contributed by atoms with Gasteiger partial charge in [0.15, 0.2) is 5.16 Å². The Morgan fingerprint density at radius 2 is 2.32 bits per heavy atom. The third-order valence-electron chi connectivity index (χ3n) is 2.67. The van der Waals surface area contributed by atoms with Gasteiger partial charge in [0.2, 0.25) is 0 Å². The number of nitrogens with two attached hydrogens (primary N) is 1. The smallest absolute Gasteiger partial charge is 0.343 e. The highest BCUT2D eigenvalue weighted by Crippen LogP contribution is 2.29. The Morgan fingerprint density at radius 3 is 3.00 bits per heavy atom. The molecule has 0 aliphatic rings. The van der Waals surface area contributed by atoms with Gasteiger partial charge >= 0.3 is 5.69 Å². The van der Waals surface area contributed by atoms with Gasteiger partial charge in [0.05, 0.1) is 0 Å². The summed E-state index contributed by atoms with van der Waals surface area (Å²) in [5.41, 5.74) is 7.54. The third kappa shape index (κ3) is 3.22. The van der Waals surface area contributed by atoms with Crippen molar-refractivity contribution in [3.8, 4) is 0 Å². The maximum Gasteiger partial charge on any atom is 0.343 e. The molecule has 102 valence electrons. The molecule has 0 saturated carbocycles. The van der Waals surface area contributed by atoms with Crippen LogP contribution in [0.1, 0.15) is 18.9 Å². The maximum absolute atomic E-state index is 11.6. The molecule has 2 rings (SSSR count). The molecule has 0 aliphatic heterocycles. The van der Waals surface area contributed by atoms with Crippen LogP contribution in [-0.2, 0) is 12.3 Å². The Labute approximate surface area is 123 Å². The lowest BCUT2D eigenvalue weighted by atomic mass is 10.2. The summed E-state index contributed by atoms with van der Waals surface area (Å²) in [5, 5.41) is 7.22. The van der Waals surface area contributed by atoms with Crippen LogP contribution in [0.2, 0.25) is 0 Å². The Kier molecular flexibility index (Phi) is 4.71. The number of aromatic amines is 1. The molecular weight excluding hydrogens is 328 g/mol. The predicted octanol–water partition coefficient (Wildman–Crippen LogP) is 2.62. The molecule has 0 fully saturated rings. The first kappa shape index (κ1) is 14.2. The van der Waals surface area contributed by atoms with Gasteiger partial charge in [-0.05, 0) is 24.1 Å². The molecule has 5 nitrogen and oxygen atoms in total. The normalized spacial score (nSPS) is 10.8. The van der Waals surface area contributed by atoms with E-state index in [0.717, 1.165) is 22.1 Å². The first-order valence-electron chi connectivity index (χ1n) is 5.94. The van der Waals surface area contributed by atoms with Crippen molar-refractivity contribution < 1.29 is 0 Å². The van der Waals surface area contributed by atoms with E-state index in [1.54, 1.807) is 4.57 Å². The molecule has 0 unspecified atom stereocenters. The summed E-state index contributed by atoms with van der Waals surface area (Å²) in [6, 6.07) is 5.72. The second-order valence-electron chi connectivity index (χ2n) is 4.06. The number of hydrogen-bond donors (Lipinski definition) is 2. The van der Waals surface area contributed by atoms with Crippen LogP contribution in [-0.4, -0.2) is 14.8 Å². The predicted molar refractivity (Wildman–Crippen MR) is 81.3 cm³/mol. The minimum Gasteiger partial charge on any atom is -0.398 e. The number of benzene rings is 1. The van der Waals surface area contributed by atoms with Crippen LogP contribution in [0.5, 0.6) is 0 Å². The van der Waals surface area contributed by atoms with E-state index in [1.165, 1.54) is 11.8 Å². The molecule has 0 aliphatic carbocycles. The fraction of sp³-hybridized carbons (Fsp3) is 0.333. The van der Waals surface area contributed by atoms with Crippen LogP contribution in [0.4, 0.5) is 5.69 Å². The van der Waals surface area contributed by atoms with Crippen LogP contribution in [0.3, 0.4) is 0 Å². The lowest BCUT2D eigenvalue weighted by Gasteiger charge is -2.08. The molecule has 0 radical (unpaired) electrons. The summed E-state index contributed by atoms with van der Waals surface area (Å²) < 4.78 is 2.62. The number of hydrogen-bond acceptors (Lipinski definition) is 4. The number of thioether (sulfide) groups is 1. The maximum atomic E-state index is 11.6. The summed E-state index contributed by atoms with van der Waals surface area (Å²) in [7, 11) is 0. The number of nitrogens with one attached hydrogen (secondary N) is 1. The van der Waals surface area contributed by atoms with Crippen molar-refractivity contribution in [3.63, 3.8) is 0 Å². The summed E-state index contributed by atoms with van der Waals surface area (Å²) in [5.74, 6) is 0.668. The average molecular weight is 343 g/mol. The highest BCUT2D eigenvalue weighted by atomic mass is 79.9. The number of nitrogen functional groups attached to an aromatic ring is 1. The lowest BCUT2D eigenvalue weighted by molar-refractivity contribution is 0.604. The second kappa shape index (κ2) is 6.29. The molecule has 3 N–H and O–H groups in total. The molecule has 7 heteroatoms. The van der Waals surface area contributed by atoms with Crippen molar-refractivity contribution in [2.75, 3.05) is 5.73 Å². The van der Waals surface area contributed by atoms with E-state index >= 15 is 0 Å². The molecule has 2 aromatic rings. The van der Waals surface area contributed by atoms with Gasteiger partial charge in [0, 0.05) is 22.5 Å². The molecule has 1 heterocycles. The van der Waals surface area contributed by atoms with Crippen LogP contribution in [0.15, 0.2) is 32.6 Å². The van der Waals surface area contributed by atoms with Gasteiger partial charge < -0.3 is 5.73 Å². The fourth-order valence-corrected chi connectivity index (χ4v) is 3.44. The van der Waals surface area contributed by atoms with Crippen LogP contribution < -0.4 is 11.4 Å². The number of anilines is 1. The molecular formula is C12H15BrN4OS. The summed E-state index contributed by atoms with van der Waals surface area (Å²) in [6.07, 6.45) is 0.893. The van der Waals surface area contributed by atoms with E-state index in [9.17, 15) is 4.79 Å². The molecule has 19 heavy (non-hydrogen) atoms. The standard InChI is InChI=1S/C12H15BrN4OS/c1-2-6-17-11(18)15-16-12(17)19-7-8-9(13)4-3-5-10(8)14/h3-5H,2,6-7,14H2,1H3,(H,15,18). The van der Waals surface area contributed by atoms with E-state index in [4.69, 9.17) is 5.73 Å². The second-order valence-corrected chi connectivity index (χ2v) is 5.86. The van der Waals surface area contributed by atoms with E-state index in [2.05, 4.69) is 26.1 Å².